The molecule has 0 bridgehead atoms. The lowest BCUT2D eigenvalue weighted by molar-refractivity contribution is -0.126. The van der Waals surface area contributed by atoms with E-state index in [-0.39, 0.29) is 19.1 Å². The molecule has 6 rings (SSSR count). The maximum absolute atomic E-state index is 12.9. The van der Waals surface area contributed by atoms with Gasteiger partial charge >= 0.3 is 0 Å². The van der Waals surface area contributed by atoms with Gasteiger partial charge in [-0.15, -0.1) is 0 Å². The van der Waals surface area contributed by atoms with Crippen molar-refractivity contribution in [2.24, 2.45) is 0 Å². The molecule has 1 unspecified atom stereocenters. The SMILES string of the molecule is O=C(C1=Cc2c(cccc2OCC(O)CN2CCC(c3ccc4ccccc4c3)CC2)OC1)N1CCCC1. The van der Waals surface area contributed by atoms with E-state index in [4.69, 9.17) is 9.47 Å². The zero-order chi connectivity index (χ0) is 25.9. The second kappa shape index (κ2) is 11.2. The van der Waals surface area contributed by atoms with Gasteiger partial charge in [0.2, 0.25) is 0 Å². The number of β-amino-alcohol motifs (C(OH)–C–C–N with tert-alkyl or cyclic N) is 1. The number of fused-ring (bicyclic) bond motifs is 2. The van der Waals surface area contributed by atoms with Gasteiger partial charge in [0.1, 0.15) is 30.8 Å². The molecule has 6 nitrogen and oxygen atoms in total. The van der Waals surface area contributed by atoms with Crippen LogP contribution in [0.4, 0.5) is 0 Å². The molecule has 3 heterocycles. The van der Waals surface area contributed by atoms with Gasteiger partial charge in [-0.3, -0.25) is 4.79 Å². The third-order valence-electron chi connectivity index (χ3n) is 8.13. The lowest BCUT2D eigenvalue weighted by Gasteiger charge is -2.33. The van der Waals surface area contributed by atoms with Gasteiger partial charge in [-0.05, 0) is 79.2 Å². The van der Waals surface area contributed by atoms with Crippen LogP contribution in [0.2, 0.25) is 0 Å². The van der Waals surface area contributed by atoms with Crippen LogP contribution in [-0.2, 0) is 4.79 Å². The monoisotopic (exact) mass is 512 g/mol. The molecular weight excluding hydrogens is 476 g/mol. The normalized spacial score (nSPS) is 19.1. The Bertz CT molecular complexity index is 1320. The molecule has 1 N–H and O–H groups in total. The standard InChI is InChI=1S/C32H36N2O4/c35-28(20-33-16-12-24(13-17-33)26-11-10-23-6-1-2-7-25(23)18-26)22-38-31-9-5-8-30-29(31)19-27(21-37-30)32(36)34-14-3-4-15-34/h1-2,5-11,18-19,24,28,35H,3-4,12-17,20-22H2. The fraction of sp³-hybridized carbons (Fsp3) is 0.406. The minimum absolute atomic E-state index is 0.0510. The Balaban J connectivity index is 1.03. The summed E-state index contributed by atoms with van der Waals surface area (Å²) in [6.07, 6.45) is 5.61. The van der Waals surface area contributed by atoms with Crippen LogP contribution < -0.4 is 9.47 Å². The average Bonchev–Trinajstić information content (AvgIpc) is 3.51. The first-order valence-electron chi connectivity index (χ1n) is 13.9. The Morgan fingerprint density at radius 1 is 0.974 bits per heavy atom. The molecule has 0 aliphatic carbocycles. The van der Waals surface area contributed by atoms with Crippen molar-refractivity contribution in [2.75, 3.05) is 45.9 Å². The summed E-state index contributed by atoms with van der Waals surface area (Å²) < 4.78 is 12.0. The maximum Gasteiger partial charge on any atom is 0.253 e. The van der Waals surface area contributed by atoms with Crippen molar-refractivity contribution >= 4 is 22.8 Å². The van der Waals surface area contributed by atoms with Crippen LogP contribution in [0.3, 0.4) is 0 Å². The van der Waals surface area contributed by atoms with Gasteiger partial charge in [0.15, 0.2) is 0 Å². The third kappa shape index (κ3) is 5.42. The molecule has 3 aliphatic heterocycles. The summed E-state index contributed by atoms with van der Waals surface area (Å²) in [5.74, 6) is 1.97. The van der Waals surface area contributed by atoms with Gasteiger partial charge in [-0.1, -0.05) is 48.5 Å². The van der Waals surface area contributed by atoms with E-state index in [0.29, 0.717) is 29.5 Å². The molecule has 2 fully saturated rings. The van der Waals surface area contributed by atoms with Gasteiger partial charge in [0.05, 0.1) is 11.1 Å². The van der Waals surface area contributed by atoms with E-state index in [9.17, 15) is 9.90 Å². The lowest BCUT2D eigenvalue weighted by atomic mass is 9.88. The van der Waals surface area contributed by atoms with Gasteiger partial charge in [0, 0.05) is 19.6 Å². The van der Waals surface area contributed by atoms with Crippen LogP contribution in [-0.4, -0.2) is 72.9 Å². The van der Waals surface area contributed by atoms with Crippen LogP contribution >= 0.6 is 0 Å². The molecule has 0 spiro atoms. The Morgan fingerprint density at radius 3 is 2.58 bits per heavy atom. The van der Waals surface area contributed by atoms with Crippen LogP contribution in [0.15, 0.2) is 66.2 Å². The van der Waals surface area contributed by atoms with E-state index < -0.39 is 6.10 Å². The minimum Gasteiger partial charge on any atom is -0.490 e. The smallest absolute Gasteiger partial charge is 0.253 e. The number of amides is 1. The number of piperidine rings is 1. The summed E-state index contributed by atoms with van der Waals surface area (Å²) in [6.45, 7) is 4.62. The quantitative estimate of drug-likeness (QED) is 0.490. The first kappa shape index (κ1) is 25.0. The van der Waals surface area contributed by atoms with Crippen molar-refractivity contribution in [2.45, 2.75) is 37.7 Å². The number of hydrogen-bond donors (Lipinski definition) is 1. The summed E-state index contributed by atoms with van der Waals surface area (Å²) in [4.78, 5) is 17.1. The Morgan fingerprint density at radius 2 is 1.76 bits per heavy atom. The van der Waals surface area contributed by atoms with Crippen LogP contribution in [0.1, 0.15) is 42.7 Å². The molecule has 3 aromatic rings. The largest absolute Gasteiger partial charge is 0.490 e. The summed E-state index contributed by atoms with van der Waals surface area (Å²) in [5, 5.41) is 13.4. The van der Waals surface area contributed by atoms with Gasteiger partial charge < -0.3 is 24.4 Å². The number of benzene rings is 3. The summed E-state index contributed by atoms with van der Waals surface area (Å²) in [6, 6.07) is 21.0. The molecule has 2 saturated heterocycles. The minimum atomic E-state index is -0.595. The highest BCUT2D eigenvalue weighted by molar-refractivity contribution is 5.99. The molecule has 0 aromatic heterocycles. The Kier molecular flexibility index (Phi) is 7.34. The summed E-state index contributed by atoms with van der Waals surface area (Å²) >= 11 is 0. The molecule has 3 aromatic carbocycles. The Labute approximate surface area is 224 Å². The van der Waals surface area contributed by atoms with Crippen molar-refractivity contribution < 1.29 is 19.4 Å². The predicted molar refractivity (Wildman–Crippen MR) is 150 cm³/mol. The fourth-order valence-electron chi connectivity index (χ4n) is 5.98. The molecule has 1 amide bonds. The van der Waals surface area contributed by atoms with E-state index in [2.05, 4.69) is 47.4 Å². The number of carbonyl (C=O) groups excluding carboxylic acids is 1. The van der Waals surface area contributed by atoms with E-state index in [1.165, 1.54) is 16.3 Å². The highest BCUT2D eigenvalue weighted by Gasteiger charge is 2.26. The summed E-state index contributed by atoms with van der Waals surface area (Å²) in [5.41, 5.74) is 2.86. The molecule has 6 heteroatoms. The third-order valence-corrected chi connectivity index (χ3v) is 8.13. The number of ether oxygens (including phenoxy) is 2. The van der Waals surface area contributed by atoms with E-state index in [1.54, 1.807) is 0 Å². The Hall–Kier alpha value is -3.35. The van der Waals surface area contributed by atoms with Crippen LogP contribution in [0, 0.1) is 0 Å². The molecule has 1 atom stereocenters. The van der Waals surface area contributed by atoms with E-state index in [1.807, 2.05) is 29.2 Å². The summed E-state index contributed by atoms with van der Waals surface area (Å²) in [7, 11) is 0. The van der Waals surface area contributed by atoms with Crippen LogP contribution in [0.5, 0.6) is 11.5 Å². The van der Waals surface area contributed by atoms with Gasteiger partial charge in [0.25, 0.3) is 5.91 Å². The first-order valence-corrected chi connectivity index (χ1v) is 13.9. The zero-order valence-corrected chi connectivity index (χ0v) is 21.9. The second-order valence-corrected chi connectivity index (χ2v) is 10.8. The zero-order valence-electron chi connectivity index (χ0n) is 21.9. The molecule has 0 saturated carbocycles. The van der Waals surface area contributed by atoms with Crippen molar-refractivity contribution in [3.8, 4) is 11.5 Å². The van der Waals surface area contributed by atoms with E-state index in [0.717, 1.165) is 57.4 Å². The fourth-order valence-corrected chi connectivity index (χ4v) is 5.98. The lowest BCUT2D eigenvalue weighted by Crippen LogP contribution is -2.40. The number of aliphatic hydroxyl groups excluding tert-OH is 1. The number of carbonyl (C=O) groups is 1. The average molecular weight is 513 g/mol. The van der Waals surface area contributed by atoms with Crippen molar-refractivity contribution in [1.82, 2.24) is 9.80 Å². The number of likely N-dealkylation sites (tertiary alicyclic amines) is 2. The molecule has 0 radical (unpaired) electrons. The topological polar surface area (TPSA) is 62.2 Å². The highest BCUT2D eigenvalue weighted by atomic mass is 16.5. The van der Waals surface area contributed by atoms with Gasteiger partial charge in [-0.2, -0.15) is 0 Å². The molecule has 198 valence electrons. The molecule has 38 heavy (non-hydrogen) atoms. The van der Waals surface area contributed by atoms with Crippen molar-refractivity contribution in [3.63, 3.8) is 0 Å². The first-order chi connectivity index (χ1) is 18.6. The molecular formula is C32H36N2O4. The maximum atomic E-state index is 12.9. The second-order valence-electron chi connectivity index (χ2n) is 10.8. The van der Waals surface area contributed by atoms with E-state index >= 15 is 0 Å². The number of rotatable bonds is 7. The van der Waals surface area contributed by atoms with Crippen LogP contribution in [0.25, 0.3) is 16.8 Å². The van der Waals surface area contributed by atoms with Crippen molar-refractivity contribution in [1.29, 1.82) is 0 Å². The van der Waals surface area contributed by atoms with Crippen molar-refractivity contribution in [3.05, 3.63) is 77.4 Å². The number of nitrogens with zero attached hydrogens (tertiary/aromatic N) is 2. The predicted octanol–water partition coefficient (Wildman–Crippen LogP) is 4.86. The molecule has 3 aliphatic rings. The highest BCUT2D eigenvalue weighted by Crippen LogP contribution is 2.35. The number of hydrogen-bond acceptors (Lipinski definition) is 5. The number of aliphatic hydroxyl groups is 1. The van der Waals surface area contributed by atoms with Gasteiger partial charge in [-0.25, -0.2) is 0 Å².